The molecule has 1 N–H and O–H groups in total. The van der Waals surface area contributed by atoms with Crippen LogP contribution in [0, 0.1) is 0 Å². The Morgan fingerprint density at radius 1 is 1.25 bits per heavy atom. The van der Waals surface area contributed by atoms with Gasteiger partial charge in [-0.15, -0.1) is 0 Å². The Hall–Kier alpha value is -1.55. The lowest BCUT2D eigenvalue weighted by molar-refractivity contribution is -0.134. The van der Waals surface area contributed by atoms with Crippen LogP contribution in [0.15, 0.2) is 24.3 Å². The summed E-state index contributed by atoms with van der Waals surface area (Å²) in [5.74, 6) is 0.294. The molecule has 2 aliphatic rings. The molecule has 0 saturated carbocycles. The molecule has 0 spiro atoms. The summed E-state index contributed by atoms with van der Waals surface area (Å²) < 4.78 is 0. The number of hydrogen-bond donors (Lipinski definition) is 1. The van der Waals surface area contributed by atoms with Gasteiger partial charge < -0.3 is 10.2 Å². The number of carbonyl (C=O) groups excluding carboxylic acids is 1. The molecule has 4 heteroatoms. The molecular formula is C16H23N3O. The van der Waals surface area contributed by atoms with E-state index in [1.807, 2.05) is 17.0 Å². The standard InChI is InChI=1S/C16H23N3O/c1-2-7-18-8-10-19(11-9-18)16(20)14-12-17-15-6-4-3-5-13(14)15/h3-6,14,17H,2,7-12H2,1H3. The van der Waals surface area contributed by atoms with Gasteiger partial charge in [0.25, 0.3) is 0 Å². The maximum atomic E-state index is 12.7. The van der Waals surface area contributed by atoms with Crippen LogP contribution in [0.1, 0.15) is 24.8 Å². The van der Waals surface area contributed by atoms with E-state index < -0.39 is 0 Å². The second-order valence-electron chi connectivity index (χ2n) is 5.69. The lowest BCUT2D eigenvalue weighted by atomic mass is 9.99. The van der Waals surface area contributed by atoms with Gasteiger partial charge in [0.05, 0.1) is 5.92 Å². The maximum absolute atomic E-state index is 12.7. The van der Waals surface area contributed by atoms with Crippen LogP contribution in [-0.4, -0.2) is 55.0 Å². The molecule has 0 bridgehead atoms. The van der Waals surface area contributed by atoms with E-state index >= 15 is 0 Å². The zero-order valence-electron chi connectivity index (χ0n) is 12.1. The average Bonchev–Trinajstić information content (AvgIpc) is 2.92. The van der Waals surface area contributed by atoms with Gasteiger partial charge in [0.1, 0.15) is 0 Å². The van der Waals surface area contributed by atoms with Crippen LogP contribution in [0.5, 0.6) is 0 Å². The van der Waals surface area contributed by atoms with Crippen molar-refractivity contribution in [1.29, 1.82) is 0 Å². The van der Waals surface area contributed by atoms with Crippen LogP contribution in [0.2, 0.25) is 0 Å². The number of rotatable bonds is 3. The zero-order chi connectivity index (χ0) is 13.9. The molecule has 0 aliphatic carbocycles. The summed E-state index contributed by atoms with van der Waals surface area (Å²) >= 11 is 0. The number of para-hydroxylation sites is 1. The fourth-order valence-electron chi connectivity index (χ4n) is 3.23. The van der Waals surface area contributed by atoms with E-state index in [1.165, 1.54) is 6.42 Å². The Morgan fingerprint density at radius 2 is 2.00 bits per heavy atom. The van der Waals surface area contributed by atoms with E-state index in [0.717, 1.165) is 50.5 Å². The maximum Gasteiger partial charge on any atom is 0.232 e. The number of benzene rings is 1. The van der Waals surface area contributed by atoms with Crippen molar-refractivity contribution >= 4 is 11.6 Å². The Bertz CT molecular complexity index is 480. The van der Waals surface area contributed by atoms with Gasteiger partial charge in [0, 0.05) is 38.4 Å². The quantitative estimate of drug-likeness (QED) is 0.911. The minimum absolute atomic E-state index is 0.00363. The van der Waals surface area contributed by atoms with Crippen molar-refractivity contribution in [3.8, 4) is 0 Å². The van der Waals surface area contributed by atoms with Gasteiger partial charge in [-0.25, -0.2) is 0 Å². The summed E-state index contributed by atoms with van der Waals surface area (Å²) in [5.41, 5.74) is 2.28. The second-order valence-corrected chi connectivity index (χ2v) is 5.69. The topological polar surface area (TPSA) is 35.6 Å². The normalized spacial score (nSPS) is 22.4. The van der Waals surface area contributed by atoms with Crippen LogP contribution in [-0.2, 0) is 4.79 Å². The molecule has 1 atom stereocenters. The predicted molar refractivity (Wildman–Crippen MR) is 81.0 cm³/mol. The van der Waals surface area contributed by atoms with Crippen LogP contribution >= 0.6 is 0 Å². The Labute approximate surface area is 120 Å². The molecule has 1 fully saturated rings. The van der Waals surface area contributed by atoms with Crippen LogP contribution in [0.3, 0.4) is 0 Å². The van der Waals surface area contributed by atoms with Gasteiger partial charge >= 0.3 is 0 Å². The zero-order valence-corrected chi connectivity index (χ0v) is 12.1. The summed E-state index contributed by atoms with van der Waals surface area (Å²) in [6, 6.07) is 8.17. The first-order valence-corrected chi connectivity index (χ1v) is 7.63. The van der Waals surface area contributed by atoms with Crippen LogP contribution in [0.4, 0.5) is 5.69 Å². The van der Waals surface area contributed by atoms with Gasteiger partial charge in [-0.05, 0) is 24.6 Å². The van der Waals surface area contributed by atoms with Gasteiger partial charge in [-0.2, -0.15) is 0 Å². The molecule has 1 amide bonds. The van der Waals surface area contributed by atoms with Gasteiger partial charge in [-0.1, -0.05) is 25.1 Å². The van der Waals surface area contributed by atoms with Gasteiger partial charge in [0.15, 0.2) is 0 Å². The number of amides is 1. The predicted octanol–water partition coefficient (Wildman–Crippen LogP) is 1.75. The highest BCUT2D eigenvalue weighted by Gasteiger charge is 2.32. The smallest absolute Gasteiger partial charge is 0.232 e. The van der Waals surface area contributed by atoms with E-state index in [4.69, 9.17) is 0 Å². The summed E-state index contributed by atoms with van der Waals surface area (Å²) in [6.07, 6.45) is 1.19. The molecule has 1 aromatic rings. The van der Waals surface area contributed by atoms with E-state index in [0.29, 0.717) is 5.91 Å². The lowest BCUT2D eigenvalue weighted by Gasteiger charge is -2.35. The number of fused-ring (bicyclic) bond motifs is 1. The minimum Gasteiger partial charge on any atom is -0.384 e. The first kappa shape index (κ1) is 13.4. The number of nitrogens with one attached hydrogen (secondary N) is 1. The number of piperazine rings is 1. The molecule has 20 heavy (non-hydrogen) atoms. The molecule has 3 rings (SSSR count). The molecule has 0 aromatic heterocycles. The van der Waals surface area contributed by atoms with Gasteiger partial charge in [0.2, 0.25) is 5.91 Å². The lowest BCUT2D eigenvalue weighted by Crippen LogP contribution is -2.50. The molecule has 108 valence electrons. The van der Waals surface area contributed by atoms with E-state index in [-0.39, 0.29) is 5.92 Å². The van der Waals surface area contributed by atoms with Crippen molar-refractivity contribution in [2.45, 2.75) is 19.3 Å². The van der Waals surface area contributed by atoms with Crippen molar-refractivity contribution in [3.05, 3.63) is 29.8 Å². The number of carbonyl (C=O) groups is 1. The molecule has 1 unspecified atom stereocenters. The van der Waals surface area contributed by atoms with Crippen molar-refractivity contribution in [2.75, 3.05) is 44.6 Å². The van der Waals surface area contributed by atoms with Crippen molar-refractivity contribution < 1.29 is 4.79 Å². The highest BCUT2D eigenvalue weighted by atomic mass is 16.2. The van der Waals surface area contributed by atoms with Gasteiger partial charge in [-0.3, -0.25) is 9.69 Å². The first-order valence-electron chi connectivity index (χ1n) is 7.63. The molecule has 0 radical (unpaired) electrons. The highest BCUT2D eigenvalue weighted by molar-refractivity contribution is 5.88. The Balaban J connectivity index is 1.64. The largest absolute Gasteiger partial charge is 0.384 e. The fraction of sp³-hybridized carbons (Fsp3) is 0.562. The van der Waals surface area contributed by atoms with E-state index in [1.54, 1.807) is 0 Å². The molecule has 1 saturated heterocycles. The molecular weight excluding hydrogens is 250 g/mol. The van der Waals surface area contributed by atoms with Crippen LogP contribution in [0.25, 0.3) is 0 Å². The monoisotopic (exact) mass is 273 g/mol. The third-order valence-electron chi connectivity index (χ3n) is 4.35. The third-order valence-corrected chi connectivity index (χ3v) is 4.35. The third kappa shape index (κ3) is 2.52. The van der Waals surface area contributed by atoms with Crippen molar-refractivity contribution in [3.63, 3.8) is 0 Å². The number of anilines is 1. The van der Waals surface area contributed by atoms with E-state index in [9.17, 15) is 4.79 Å². The minimum atomic E-state index is 0.00363. The van der Waals surface area contributed by atoms with Crippen molar-refractivity contribution in [2.24, 2.45) is 0 Å². The van der Waals surface area contributed by atoms with Crippen LogP contribution < -0.4 is 5.32 Å². The fourth-order valence-corrected chi connectivity index (χ4v) is 3.23. The SMILES string of the molecule is CCCN1CCN(C(=O)C2CNc3ccccc32)CC1. The number of hydrogen-bond acceptors (Lipinski definition) is 3. The van der Waals surface area contributed by atoms with E-state index in [2.05, 4.69) is 29.3 Å². The summed E-state index contributed by atoms with van der Waals surface area (Å²) in [5, 5.41) is 3.34. The Morgan fingerprint density at radius 3 is 2.75 bits per heavy atom. The average molecular weight is 273 g/mol. The summed E-state index contributed by atoms with van der Waals surface area (Å²) in [7, 11) is 0. The van der Waals surface area contributed by atoms with Crippen molar-refractivity contribution in [1.82, 2.24) is 9.80 Å². The Kier molecular flexibility index (Phi) is 3.92. The first-order chi connectivity index (χ1) is 9.79. The number of nitrogens with zero attached hydrogens (tertiary/aromatic N) is 2. The highest BCUT2D eigenvalue weighted by Crippen LogP contribution is 2.32. The summed E-state index contributed by atoms with van der Waals surface area (Å²) in [6.45, 7) is 7.87. The summed E-state index contributed by atoms with van der Waals surface area (Å²) in [4.78, 5) is 17.2. The molecule has 2 aliphatic heterocycles. The molecule has 1 aromatic carbocycles. The second kappa shape index (κ2) is 5.83. The molecule has 2 heterocycles. The molecule has 4 nitrogen and oxygen atoms in total.